The maximum absolute atomic E-state index is 17.7. The van der Waals surface area contributed by atoms with E-state index in [-0.39, 0.29) is 29.7 Å². The number of rotatable bonds is 5. The first-order valence-corrected chi connectivity index (χ1v) is 16.5. The van der Waals surface area contributed by atoms with Crippen LogP contribution in [0.15, 0.2) is 62.3 Å². The first-order chi connectivity index (χ1) is 24.7. The van der Waals surface area contributed by atoms with Gasteiger partial charge in [-0.2, -0.15) is 18.3 Å². The molecule has 0 fully saturated rings. The molecule has 1 aliphatic carbocycles. The summed E-state index contributed by atoms with van der Waals surface area (Å²) < 4.78 is 82.0. The molecule has 16 heteroatoms. The molecule has 270 valence electrons. The number of alkyl halides is 3. The van der Waals surface area contributed by atoms with E-state index in [1.54, 1.807) is 17.9 Å². The van der Waals surface area contributed by atoms with Crippen molar-refractivity contribution in [1.82, 2.24) is 24.3 Å². The van der Waals surface area contributed by atoms with E-state index in [4.69, 9.17) is 23.4 Å². The number of anilines is 1. The number of allylic oxidation sites excluding steroid dienone is 1. The minimum absolute atomic E-state index is 0.0296. The fraction of sp³-hybridized carbons (Fsp3) is 0.361. The number of ether oxygens (including phenoxy) is 2. The number of benzene rings is 1. The zero-order valence-corrected chi connectivity index (χ0v) is 28.7. The van der Waals surface area contributed by atoms with Crippen molar-refractivity contribution in [3.63, 3.8) is 0 Å². The van der Waals surface area contributed by atoms with Crippen molar-refractivity contribution in [2.75, 3.05) is 18.6 Å². The lowest BCUT2D eigenvalue weighted by Gasteiger charge is -2.47. The lowest BCUT2D eigenvalue weighted by Crippen LogP contribution is -2.45. The Hall–Kier alpha value is -5.51. The molecule has 8 rings (SSSR count). The summed E-state index contributed by atoms with van der Waals surface area (Å²) in [6.45, 7) is 7.07. The fourth-order valence-electron chi connectivity index (χ4n) is 7.87. The Morgan fingerprint density at radius 2 is 1.85 bits per heavy atom. The molecule has 0 N–H and O–H groups in total. The van der Waals surface area contributed by atoms with Gasteiger partial charge in [-0.3, -0.25) is 4.57 Å². The maximum Gasteiger partial charge on any atom is 0.519 e. The monoisotopic (exact) mass is 720 g/mol. The highest BCUT2D eigenvalue weighted by atomic mass is 19.4. The summed E-state index contributed by atoms with van der Waals surface area (Å²) in [5.41, 5.74) is 1.48. The van der Waals surface area contributed by atoms with Crippen LogP contribution in [0.25, 0.3) is 11.3 Å². The molecule has 2 unspecified atom stereocenters. The van der Waals surface area contributed by atoms with Crippen molar-refractivity contribution >= 4 is 17.6 Å². The van der Waals surface area contributed by atoms with Crippen molar-refractivity contribution in [1.29, 1.82) is 0 Å². The van der Waals surface area contributed by atoms with Gasteiger partial charge in [0.05, 0.1) is 33.7 Å². The molecule has 6 heterocycles. The summed E-state index contributed by atoms with van der Waals surface area (Å²) in [6.07, 6.45) is -1.42. The number of fused-ring (bicyclic) bond motifs is 10. The zero-order chi connectivity index (χ0) is 36.9. The van der Waals surface area contributed by atoms with Gasteiger partial charge < -0.3 is 23.2 Å². The number of carbonyl (C=O) groups excluding carboxylic acids is 1. The third-order valence-electron chi connectivity index (χ3n) is 10.5. The Kier molecular flexibility index (Phi) is 7.44. The van der Waals surface area contributed by atoms with Crippen LogP contribution >= 0.6 is 0 Å². The Labute approximate surface area is 293 Å². The third kappa shape index (κ3) is 4.65. The second-order valence-electron chi connectivity index (χ2n) is 13.3. The lowest BCUT2D eigenvalue weighted by molar-refractivity contribution is -0.138. The highest BCUT2D eigenvalue weighted by Crippen LogP contribution is 2.61. The van der Waals surface area contributed by atoms with Crippen LogP contribution in [0.1, 0.15) is 77.2 Å². The Bertz CT molecular complexity index is 2370. The number of para-hydroxylation sites is 1. The predicted molar refractivity (Wildman–Crippen MR) is 176 cm³/mol. The highest BCUT2D eigenvalue weighted by Gasteiger charge is 2.57. The van der Waals surface area contributed by atoms with Crippen LogP contribution in [-0.2, 0) is 52.7 Å². The number of hydrogen-bond acceptors (Lipinski definition) is 10. The van der Waals surface area contributed by atoms with E-state index < -0.39 is 47.1 Å². The minimum atomic E-state index is -4.59. The van der Waals surface area contributed by atoms with Gasteiger partial charge in [0.1, 0.15) is 5.83 Å². The average molecular weight is 721 g/mol. The number of methoxy groups -OCH3 is 1. The smallest absolute Gasteiger partial charge is 0.441 e. The average Bonchev–Trinajstić information content (AvgIpc) is 3.84. The van der Waals surface area contributed by atoms with Crippen LogP contribution in [0, 0.1) is 6.92 Å². The first kappa shape index (κ1) is 33.6. The van der Waals surface area contributed by atoms with E-state index in [9.17, 15) is 22.8 Å². The van der Waals surface area contributed by atoms with E-state index in [1.165, 1.54) is 24.8 Å². The molecule has 0 bridgehead atoms. The molecular weight excluding hydrogens is 688 g/mol. The van der Waals surface area contributed by atoms with Crippen LogP contribution in [0.5, 0.6) is 0 Å². The normalized spacial score (nSPS) is 20.6. The van der Waals surface area contributed by atoms with E-state index >= 15 is 4.39 Å². The molecule has 0 spiro atoms. The molecule has 0 amide bonds. The van der Waals surface area contributed by atoms with Crippen molar-refractivity contribution in [3.8, 4) is 5.69 Å². The van der Waals surface area contributed by atoms with E-state index in [2.05, 4.69) is 9.97 Å². The third-order valence-corrected chi connectivity index (χ3v) is 10.5. The van der Waals surface area contributed by atoms with Gasteiger partial charge in [-0.05, 0) is 44.4 Å². The molecule has 52 heavy (non-hydrogen) atoms. The Balaban J connectivity index is 1.31. The van der Waals surface area contributed by atoms with Gasteiger partial charge in [0.25, 0.3) is 0 Å². The van der Waals surface area contributed by atoms with Crippen molar-refractivity contribution in [2.24, 2.45) is 0 Å². The molecule has 2 aliphatic heterocycles. The van der Waals surface area contributed by atoms with Gasteiger partial charge in [0.2, 0.25) is 5.95 Å². The first-order valence-electron chi connectivity index (χ1n) is 16.5. The number of halogens is 4. The van der Waals surface area contributed by atoms with Crippen LogP contribution in [0.2, 0.25) is 0 Å². The van der Waals surface area contributed by atoms with Crippen molar-refractivity contribution < 1.29 is 40.7 Å². The molecule has 2 atom stereocenters. The van der Waals surface area contributed by atoms with Gasteiger partial charge in [-0.1, -0.05) is 25.1 Å². The number of hydrogen-bond donors (Lipinski definition) is 0. The molecule has 5 aromatic rings. The number of carbonyl (C=O) groups is 1. The molecule has 4 aromatic heterocycles. The predicted octanol–water partition coefficient (Wildman–Crippen LogP) is 6.52. The summed E-state index contributed by atoms with van der Waals surface area (Å²) in [7, 11) is 1.36. The van der Waals surface area contributed by atoms with Crippen LogP contribution in [-0.4, -0.2) is 44.1 Å². The molecule has 1 aromatic carbocycles. The standard InChI is InChI=1S/C36H32F4N6O6/c1-6-19-8-7-9-21-26-28(37)35(4,49-5)30-23(10-13-45(30)32(47)50-17-25-18(2)51-33(48)52-25)34(26,3)29-22-16-44(12-11-24(22)43-46(29)27(19)21)31-41-14-20(15-42-31)36(38,39)40/h7-10,13-15H,6,11-12,16-17H2,1-5H3. The summed E-state index contributed by atoms with van der Waals surface area (Å²) in [5, 5.41) is 5.10. The molecular formula is C36H32F4N6O6. The molecule has 0 radical (unpaired) electrons. The summed E-state index contributed by atoms with van der Waals surface area (Å²) in [6, 6.07) is 7.41. The largest absolute Gasteiger partial charge is 0.519 e. The highest BCUT2D eigenvalue weighted by molar-refractivity contribution is 5.91. The van der Waals surface area contributed by atoms with E-state index in [0.717, 1.165) is 29.2 Å². The topological polar surface area (TPSA) is 131 Å². The second kappa shape index (κ2) is 11.5. The lowest BCUT2D eigenvalue weighted by atomic mass is 9.61. The van der Waals surface area contributed by atoms with Crippen LogP contribution in [0.4, 0.5) is 28.3 Å². The second-order valence-corrected chi connectivity index (χ2v) is 13.3. The van der Waals surface area contributed by atoms with Gasteiger partial charge in [0.15, 0.2) is 23.7 Å². The van der Waals surface area contributed by atoms with Crippen molar-refractivity contribution in [3.05, 3.63) is 116 Å². The fourth-order valence-corrected chi connectivity index (χ4v) is 7.87. The zero-order valence-electron chi connectivity index (χ0n) is 28.7. The molecule has 0 saturated heterocycles. The summed E-state index contributed by atoms with van der Waals surface area (Å²) >= 11 is 0. The molecule has 12 nitrogen and oxygen atoms in total. The SMILES string of the molecule is CCc1cccc2c1-n1nc3c(c1C1(C)C2=C(F)C(C)(OC)c2c1ccn2C(=O)OCc1oc(=O)oc1C)CN(c1ncc(C(F)(F)F)cn1)CC3. The Morgan fingerprint density at radius 1 is 1.10 bits per heavy atom. The molecule has 3 aliphatic rings. The van der Waals surface area contributed by atoms with E-state index in [0.29, 0.717) is 47.5 Å². The summed E-state index contributed by atoms with van der Waals surface area (Å²) in [5.74, 6) is -1.26. The van der Waals surface area contributed by atoms with Gasteiger partial charge in [0, 0.05) is 61.9 Å². The minimum Gasteiger partial charge on any atom is -0.441 e. The number of nitrogens with zero attached hydrogens (tertiary/aromatic N) is 6. The van der Waals surface area contributed by atoms with Crippen LogP contribution in [0.3, 0.4) is 0 Å². The van der Waals surface area contributed by atoms with E-state index in [1.807, 2.05) is 36.7 Å². The van der Waals surface area contributed by atoms with Gasteiger partial charge >= 0.3 is 18.1 Å². The van der Waals surface area contributed by atoms with Gasteiger partial charge in [-0.25, -0.2) is 28.6 Å². The van der Waals surface area contributed by atoms with Crippen molar-refractivity contribution in [2.45, 2.75) is 70.9 Å². The van der Waals surface area contributed by atoms with Crippen LogP contribution < -0.4 is 10.7 Å². The number of aromatic nitrogens is 5. The Morgan fingerprint density at radius 3 is 2.50 bits per heavy atom. The molecule has 0 saturated carbocycles. The van der Waals surface area contributed by atoms with Gasteiger partial charge in [-0.15, -0.1) is 0 Å². The number of aryl methyl sites for hydroxylation is 2. The maximum atomic E-state index is 17.7. The quantitative estimate of drug-likeness (QED) is 0.185. The summed E-state index contributed by atoms with van der Waals surface area (Å²) in [4.78, 5) is 35.2.